The quantitative estimate of drug-likeness (QED) is 0.395. The highest BCUT2D eigenvalue weighted by molar-refractivity contribution is 9.09. The lowest BCUT2D eigenvalue weighted by Gasteiger charge is -2.48. The van der Waals surface area contributed by atoms with Crippen LogP contribution in [0.4, 0.5) is 0 Å². The van der Waals surface area contributed by atoms with Gasteiger partial charge in [-0.15, -0.1) is 18.2 Å². The van der Waals surface area contributed by atoms with Crippen LogP contribution >= 0.6 is 27.5 Å². The summed E-state index contributed by atoms with van der Waals surface area (Å²) in [5.41, 5.74) is 0.404. The number of rotatable bonds is 8. The first-order valence-electron chi connectivity index (χ1n) is 8.88. The van der Waals surface area contributed by atoms with Gasteiger partial charge in [-0.25, -0.2) is 0 Å². The molecule has 0 aliphatic heterocycles. The number of hydrogen-bond donors (Lipinski definition) is 2. The fourth-order valence-corrected chi connectivity index (χ4v) is 4.58. The van der Waals surface area contributed by atoms with Crippen LogP contribution in [0.15, 0.2) is 24.8 Å². The molecule has 1 aliphatic carbocycles. The lowest BCUT2D eigenvalue weighted by Crippen LogP contribution is -2.43. The van der Waals surface area contributed by atoms with Gasteiger partial charge in [-0.3, -0.25) is 0 Å². The van der Waals surface area contributed by atoms with E-state index in [9.17, 15) is 10.2 Å². The van der Waals surface area contributed by atoms with E-state index in [1.165, 1.54) is 5.57 Å². The number of aliphatic hydroxyl groups excluding tert-OH is 1. The fourth-order valence-electron chi connectivity index (χ4n) is 3.69. The first-order chi connectivity index (χ1) is 10.8. The normalized spacial score (nSPS) is 32.2. The molecule has 1 saturated carbocycles. The van der Waals surface area contributed by atoms with Crippen LogP contribution in [-0.2, 0) is 0 Å². The summed E-state index contributed by atoms with van der Waals surface area (Å²) in [6.07, 6.45) is 6.22. The fraction of sp³-hybridized carbons (Fsp3) is 0.800. The molecule has 2 unspecified atom stereocenters. The highest BCUT2D eigenvalue weighted by Crippen LogP contribution is 2.52. The second kappa shape index (κ2) is 8.24. The summed E-state index contributed by atoms with van der Waals surface area (Å²) >= 11 is 10.1. The molecule has 140 valence electrons. The van der Waals surface area contributed by atoms with Crippen LogP contribution < -0.4 is 0 Å². The van der Waals surface area contributed by atoms with E-state index < -0.39 is 16.6 Å². The monoisotopic (exact) mass is 420 g/mol. The summed E-state index contributed by atoms with van der Waals surface area (Å²) in [5, 5.41) is 20.6. The summed E-state index contributed by atoms with van der Waals surface area (Å²) in [6, 6.07) is 0. The molecule has 1 aliphatic rings. The molecule has 0 aromatic carbocycles. The summed E-state index contributed by atoms with van der Waals surface area (Å²) < 4.78 is 0. The lowest BCUT2D eigenvalue weighted by atomic mass is 9.61. The van der Waals surface area contributed by atoms with E-state index in [-0.39, 0.29) is 5.41 Å². The summed E-state index contributed by atoms with van der Waals surface area (Å²) in [5.74, 6) is 0.313. The van der Waals surface area contributed by atoms with Gasteiger partial charge in [0.1, 0.15) is 0 Å². The molecule has 0 radical (unpaired) electrons. The van der Waals surface area contributed by atoms with Crippen LogP contribution in [0.3, 0.4) is 0 Å². The van der Waals surface area contributed by atoms with Crippen molar-refractivity contribution in [3.05, 3.63) is 24.8 Å². The summed E-state index contributed by atoms with van der Waals surface area (Å²) in [6.45, 7) is 15.8. The minimum atomic E-state index is -0.849. The van der Waals surface area contributed by atoms with Crippen LogP contribution in [-0.4, -0.2) is 31.6 Å². The third-order valence-electron chi connectivity index (χ3n) is 5.85. The third kappa shape index (κ3) is 5.59. The Labute approximate surface area is 161 Å². The number of halogens is 2. The van der Waals surface area contributed by atoms with Crippen LogP contribution in [0, 0.1) is 11.3 Å². The number of allylic oxidation sites excluding steroid dienone is 1. The molecule has 1 rings (SSSR count). The van der Waals surface area contributed by atoms with E-state index in [1.807, 2.05) is 13.8 Å². The molecule has 0 amide bonds. The molecule has 0 aromatic heterocycles. The zero-order valence-corrected chi connectivity index (χ0v) is 18.0. The van der Waals surface area contributed by atoms with Gasteiger partial charge in [0, 0.05) is 4.83 Å². The van der Waals surface area contributed by atoms with Gasteiger partial charge in [0.25, 0.3) is 0 Å². The van der Waals surface area contributed by atoms with E-state index >= 15 is 0 Å². The van der Waals surface area contributed by atoms with Crippen molar-refractivity contribution in [2.45, 2.75) is 87.6 Å². The zero-order chi connectivity index (χ0) is 18.8. The van der Waals surface area contributed by atoms with Crippen molar-refractivity contribution in [2.75, 3.05) is 0 Å². The summed E-state index contributed by atoms with van der Waals surface area (Å²) in [7, 11) is 0. The zero-order valence-electron chi connectivity index (χ0n) is 15.6. The number of alkyl halides is 2. The molecule has 0 saturated heterocycles. The average molecular weight is 422 g/mol. The third-order valence-corrected chi connectivity index (χ3v) is 7.61. The van der Waals surface area contributed by atoms with E-state index in [4.69, 9.17) is 11.6 Å². The molecule has 2 nitrogen and oxygen atoms in total. The van der Waals surface area contributed by atoms with Crippen LogP contribution in [0.2, 0.25) is 0 Å². The van der Waals surface area contributed by atoms with E-state index in [0.717, 1.165) is 25.7 Å². The van der Waals surface area contributed by atoms with Crippen LogP contribution in [0.5, 0.6) is 0 Å². The van der Waals surface area contributed by atoms with Crippen molar-refractivity contribution >= 4 is 27.5 Å². The second-order valence-electron chi connectivity index (χ2n) is 8.44. The minimum absolute atomic E-state index is 0.00426. The standard InChI is InChI=1S/C20H34BrClO2/c1-7-19(5,24)12-10-15-14(2)8-9-16(21)20(15,6)13-11-17(23)18(3,4)22/h7,15-17,23-24H,1-2,8-13H2,3-6H3/t15-,16+,17?,19?,20+/m1/s1. The van der Waals surface area contributed by atoms with Gasteiger partial charge in [-0.1, -0.05) is 41.1 Å². The second-order valence-corrected chi connectivity index (χ2v) is 10.5. The predicted molar refractivity (Wildman–Crippen MR) is 108 cm³/mol. The summed E-state index contributed by atoms with van der Waals surface area (Å²) in [4.78, 5) is -0.244. The van der Waals surface area contributed by atoms with Crippen LogP contribution in [0.1, 0.15) is 66.2 Å². The highest BCUT2D eigenvalue weighted by Gasteiger charge is 2.45. The van der Waals surface area contributed by atoms with Gasteiger partial charge in [-0.2, -0.15) is 0 Å². The molecular formula is C20H34BrClO2. The van der Waals surface area contributed by atoms with E-state index in [0.29, 0.717) is 23.6 Å². The SMILES string of the molecule is C=CC(C)(O)CC[C@@H]1C(=C)CC[C@H](Br)[C@@]1(C)CCC(O)C(C)(C)Cl. The topological polar surface area (TPSA) is 40.5 Å². The Morgan fingerprint density at radius 2 is 2.04 bits per heavy atom. The first kappa shape index (κ1) is 22.2. The maximum Gasteiger partial charge on any atom is 0.0797 e. The predicted octanol–water partition coefficient (Wildman–Crippen LogP) is 5.60. The van der Waals surface area contributed by atoms with Gasteiger partial charge >= 0.3 is 0 Å². The molecule has 5 atom stereocenters. The van der Waals surface area contributed by atoms with E-state index in [1.54, 1.807) is 13.0 Å². The Bertz CT molecular complexity index is 455. The van der Waals surface area contributed by atoms with Crippen molar-refractivity contribution in [3.63, 3.8) is 0 Å². The Balaban J connectivity index is 2.90. The number of hydrogen-bond acceptors (Lipinski definition) is 2. The highest BCUT2D eigenvalue weighted by atomic mass is 79.9. The minimum Gasteiger partial charge on any atom is -0.391 e. The maximum absolute atomic E-state index is 10.3. The smallest absolute Gasteiger partial charge is 0.0797 e. The molecular weight excluding hydrogens is 388 g/mol. The Kier molecular flexibility index (Phi) is 7.63. The average Bonchev–Trinajstić information content (AvgIpc) is 2.47. The Hall–Kier alpha value is 0.170. The molecule has 24 heavy (non-hydrogen) atoms. The van der Waals surface area contributed by atoms with Gasteiger partial charge in [0.15, 0.2) is 0 Å². The Morgan fingerprint density at radius 1 is 1.46 bits per heavy atom. The lowest BCUT2D eigenvalue weighted by molar-refractivity contribution is 0.0603. The van der Waals surface area contributed by atoms with Crippen LogP contribution in [0.25, 0.3) is 0 Å². The van der Waals surface area contributed by atoms with Gasteiger partial charge in [0.2, 0.25) is 0 Å². The molecule has 0 spiro atoms. The Morgan fingerprint density at radius 3 is 2.54 bits per heavy atom. The largest absolute Gasteiger partial charge is 0.391 e. The molecule has 2 N–H and O–H groups in total. The maximum atomic E-state index is 10.3. The molecule has 4 heteroatoms. The van der Waals surface area contributed by atoms with Crippen molar-refractivity contribution in [1.82, 2.24) is 0 Å². The van der Waals surface area contributed by atoms with E-state index in [2.05, 4.69) is 36.0 Å². The molecule has 0 aromatic rings. The van der Waals surface area contributed by atoms with Gasteiger partial charge < -0.3 is 10.2 Å². The van der Waals surface area contributed by atoms with Gasteiger partial charge in [0.05, 0.1) is 16.6 Å². The van der Waals surface area contributed by atoms with Crippen molar-refractivity contribution in [1.29, 1.82) is 0 Å². The molecule has 0 bridgehead atoms. The molecule has 1 fully saturated rings. The van der Waals surface area contributed by atoms with Crippen molar-refractivity contribution < 1.29 is 10.2 Å². The number of aliphatic hydroxyl groups is 2. The van der Waals surface area contributed by atoms with Gasteiger partial charge in [-0.05, 0) is 70.6 Å². The first-order valence-corrected chi connectivity index (χ1v) is 10.2. The van der Waals surface area contributed by atoms with Crippen molar-refractivity contribution in [2.24, 2.45) is 11.3 Å². The molecule has 0 heterocycles. The van der Waals surface area contributed by atoms with Crippen molar-refractivity contribution in [3.8, 4) is 0 Å².